The molecule has 0 spiro atoms. The Balaban J connectivity index is 1.64. The number of nitro groups is 1. The normalized spacial score (nSPS) is 11.5. The number of hydrogen-bond acceptors (Lipinski definition) is 8. The van der Waals surface area contributed by atoms with Crippen LogP contribution in [0.4, 0.5) is 11.4 Å². The van der Waals surface area contributed by atoms with Crippen molar-refractivity contribution in [2.24, 2.45) is 0 Å². The van der Waals surface area contributed by atoms with E-state index in [0.29, 0.717) is 11.3 Å². The van der Waals surface area contributed by atoms with Crippen LogP contribution in [-0.4, -0.2) is 25.9 Å². The Morgan fingerprint density at radius 1 is 1.10 bits per heavy atom. The summed E-state index contributed by atoms with van der Waals surface area (Å²) in [5.41, 5.74) is 0.430. The second kappa shape index (κ2) is 12.0. The predicted octanol–water partition coefficient (Wildman–Crippen LogP) is 6.22. The molecule has 4 aromatic carbocycles. The summed E-state index contributed by atoms with van der Waals surface area (Å²) < 4.78 is 36.8. The molecule has 1 N–H and O–H groups in total. The fourth-order valence-corrected chi connectivity index (χ4v) is 5.35. The van der Waals surface area contributed by atoms with E-state index in [0.717, 1.165) is 35.0 Å². The molecule has 10 nitrogen and oxygen atoms in total. The topological polar surface area (TPSA) is 149 Å². The van der Waals surface area contributed by atoms with Gasteiger partial charge in [-0.3, -0.25) is 14.9 Å². The Labute approximate surface area is 237 Å². The number of carbonyl (C=O) groups is 1. The zero-order valence-electron chi connectivity index (χ0n) is 20.8. The third-order valence-corrected chi connectivity index (χ3v) is 7.40. The number of fused-ring (bicyclic) bond motifs is 1. The van der Waals surface area contributed by atoms with E-state index in [-0.39, 0.29) is 38.7 Å². The molecule has 0 saturated carbocycles. The highest BCUT2D eigenvalue weighted by Gasteiger charge is 2.23. The molecule has 1 amide bonds. The van der Waals surface area contributed by atoms with Crippen molar-refractivity contribution < 1.29 is 27.1 Å². The number of nitro benzene ring substituents is 1. The maximum atomic E-state index is 13.0. The van der Waals surface area contributed by atoms with E-state index >= 15 is 0 Å². The Hall–Kier alpha value is -4.73. The SMILES string of the molecule is CCOc1cc(/C=C(\C#N)C(=O)Nc2cccc3ccccc23)cc(Br)c1OS(=O)(=O)c1ccc([N+](=O)[O-])cc1. The zero-order chi connectivity index (χ0) is 28.9. The van der Waals surface area contributed by atoms with E-state index in [1.165, 1.54) is 18.2 Å². The largest absolute Gasteiger partial charge is 0.490 e. The Morgan fingerprint density at radius 3 is 2.48 bits per heavy atom. The molecule has 12 heteroatoms. The standard InChI is InChI=1S/C28H20BrN3O7S/c1-2-38-26-16-18(14-20(17-30)28(33)31-25-9-5-7-19-6-3-4-8-23(19)25)15-24(29)27(26)39-40(36,37)22-12-10-21(11-13-22)32(34)35/h3-16H,2H2,1H3,(H,31,33)/b20-14+. The minimum Gasteiger partial charge on any atom is -0.490 e. The quantitative estimate of drug-likeness (QED) is 0.0760. The molecule has 0 aliphatic carbocycles. The van der Waals surface area contributed by atoms with Crippen molar-refractivity contribution in [3.05, 3.63) is 105 Å². The molecule has 0 unspecified atom stereocenters. The lowest BCUT2D eigenvalue weighted by Gasteiger charge is -2.15. The summed E-state index contributed by atoms with van der Waals surface area (Å²) in [5, 5.41) is 25.1. The third kappa shape index (κ3) is 6.28. The van der Waals surface area contributed by atoms with Crippen molar-refractivity contribution in [2.75, 3.05) is 11.9 Å². The van der Waals surface area contributed by atoms with Crippen molar-refractivity contribution in [3.8, 4) is 17.6 Å². The average Bonchev–Trinajstić information content (AvgIpc) is 2.94. The lowest BCUT2D eigenvalue weighted by Crippen LogP contribution is -2.14. The first kappa shape index (κ1) is 28.3. The molecule has 0 saturated heterocycles. The first-order valence-corrected chi connectivity index (χ1v) is 13.9. The van der Waals surface area contributed by atoms with Gasteiger partial charge in [0.2, 0.25) is 0 Å². The number of amides is 1. The lowest BCUT2D eigenvalue weighted by molar-refractivity contribution is -0.384. The van der Waals surface area contributed by atoms with Crippen LogP contribution in [0.2, 0.25) is 0 Å². The minimum absolute atomic E-state index is 0.0281. The van der Waals surface area contributed by atoms with E-state index in [1.54, 1.807) is 19.1 Å². The van der Waals surface area contributed by atoms with Crippen LogP contribution in [0.1, 0.15) is 12.5 Å². The molecule has 4 rings (SSSR count). The molecular formula is C28H20BrN3O7S. The van der Waals surface area contributed by atoms with Gasteiger partial charge in [0.15, 0.2) is 11.5 Å². The summed E-state index contributed by atoms with van der Waals surface area (Å²) >= 11 is 3.28. The predicted molar refractivity (Wildman–Crippen MR) is 152 cm³/mol. The molecule has 202 valence electrons. The van der Waals surface area contributed by atoms with Gasteiger partial charge in [-0.15, -0.1) is 0 Å². The van der Waals surface area contributed by atoms with Crippen LogP contribution in [0.25, 0.3) is 16.8 Å². The van der Waals surface area contributed by atoms with Gasteiger partial charge < -0.3 is 14.2 Å². The maximum Gasteiger partial charge on any atom is 0.339 e. The summed E-state index contributed by atoms with van der Waals surface area (Å²) in [5.74, 6) is -0.773. The van der Waals surface area contributed by atoms with Crippen LogP contribution in [0.3, 0.4) is 0 Å². The molecule has 4 aromatic rings. The molecular weight excluding hydrogens is 602 g/mol. The highest BCUT2D eigenvalue weighted by Crippen LogP contribution is 2.39. The monoisotopic (exact) mass is 621 g/mol. The van der Waals surface area contributed by atoms with Crippen LogP contribution in [0.15, 0.2) is 93.8 Å². The molecule has 0 aliphatic rings. The molecule has 0 radical (unpaired) electrons. The summed E-state index contributed by atoms with van der Waals surface area (Å²) in [6, 6.07) is 21.9. The van der Waals surface area contributed by atoms with Gasteiger partial charge >= 0.3 is 10.1 Å². The van der Waals surface area contributed by atoms with Gasteiger partial charge in [0.05, 0.1) is 16.0 Å². The number of rotatable bonds is 9. The summed E-state index contributed by atoms with van der Waals surface area (Å²) in [4.78, 5) is 22.9. The summed E-state index contributed by atoms with van der Waals surface area (Å²) in [7, 11) is -4.39. The van der Waals surface area contributed by atoms with Gasteiger partial charge in [0.25, 0.3) is 11.6 Å². The summed E-state index contributed by atoms with van der Waals surface area (Å²) in [6.45, 7) is 1.84. The molecule has 0 aromatic heterocycles. The highest BCUT2D eigenvalue weighted by molar-refractivity contribution is 9.10. The van der Waals surface area contributed by atoms with Gasteiger partial charge in [0, 0.05) is 23.2 Å². The van der Waals surface area contributed by atoms with Crippen molar-refractivity contribution in [1.29, 1.82) is 5.26 Å². The van der Waals surface area contributed by atoms with Crippen LogP contribution >= 0.6 is 15.9 Å². The van der Waals surface area contributed by atoms with Gasteiger partial charge in [-0.05, 0) is 70.2 Å². The van der Waals surface area contributed by atoms with E-state index in [1.807, 2.05) is 36.4 Å². The first-order chi connectivity index (χ1) is 19.1. The number of carbonyl (C=O) groups excluding carboxylic acids is 1. The highest BCUT2D eigenvalue weighted by atomic mass is 79.9. The van der Waals surface area contributed by atoms with E-state index < -0.39 is 20.9 Å². The van der Waals surface area contributed by atoms with Gasteiger partial charge in [0.1, 0.15) is 16.5 Å². The molecule has 0 heterocycles. The lowest BCUT2D eigenvalue weighted by atomic mass is 10.1. The number of anilines is 1. The summed E-state index contributed by atoms with van der Waals surface area (Å²) in [6.07, 6.45) is 1.34. The number of halogens is 1. The fourth-order valence-electron chi connectivity index (χ4n) is 3.75. The number of nitrogens with zero attached hydrogens (tertiary/aromatic N) is 2. The minimum atomic E-state index is -4.39. The molecule has 0 atom stereocenters. The van der Waals surface area contributed by atoms with Crippen molar-refractivity contribution in [3.63, 3.8) is 0 Å². The van der Waals surface area contributed by atoms with E-state index in [4.69, 9.17) is 8.92 Å². The second-order valence-electron chi connectivity index (χ2n) is 8.20. The van der Waals surface area contributed by atoms with Gasteiger partial charge in [-0.2, -0.15) is 13.7 Å². The second-order valence-corrected chi connectivity index (χ2v) is 10.6. The molecule has 0 aliphatic heterocycles. The van der Waals surface area contributed by atoms with Crippen LogP contribution in [0.5, 0.6) is 11.5 Å². The number of hydrogen-bond donors (Lipinski definition) is 1. The third-order valence-electron chi connectivity index (χ3n) is 5.57. The molecule has 40 heavy (non-hydrogen) atoms. The van der Waals surface area contributed by atoms with Crippen molar-refractivity contribution in [2.45, 2.75) is 11.8 Å². The van der Waals surface area contributed by atoms with Crippen LogP contribution in [-0.2, 0) is 14.9 Å². The fraction of sp³-hybridized carbons (Fsp3) is 0.0714. The number of nitrogens with one attached hydrogen (secondary N) is 1. The Morgan fingerprint density at radius 2 is 1.80 bits per heavy atom. The first-order valence-electron chi connectivity index (χ1n) is 11.7. The Bertz CT molecular complexity index is 1790. The average molecular weight is 622 g/mol. The number of ether oxygens (including phenoxy) is 1. The van der Waals surface area contributed by atoms with E-state index in [2.05, 4.69) is 21.2 Å². The van der Waals surface area contributed by atoms with E-state index in [9.17, 15) is 28.6 Å². The maximum absolute atomic E-state index is 13.0. The van der Waals surface area contributed by atoms with Crippen LogP contribution < -0.4 is 14.2 Å². The number of benzene rings is 4. The van der Waals surface area contributed by atoms with Crippen molar-refractivity contribution >= 4 is 60.2 Å². The molecule has 0 fully saturated rings. The molecule has 0 bridgehead atoms. The number of non-ortho nitro benzene ring substituents is 1. The van der Waals surface area contributed by atoms with Crippen LogP contribution in [0, 0.1) is 21.4 Å². The van der Waals surface area contributed by atoms with Gasteiger partial charge in [-0.25, -0.2) is 0 Å². The Kier molecular flexibility index (Phi) is 8.47. The smallest absolute Gasteiger partial charge is 0.339 e. The van der Waals surface area contributed by atoms with Crippen molar-refractivity contribution in [1.82, 2.24) is 0 Å². The van der Waals surface area contributed by atoms with Gasteiger partial charge in [-0.1, -0.05) is 36.4 Å². The zero-order valence-corrected chi connectivity index (χ0v) is 23.2. The number of nitriles is 1.